The van der Waals surface area contributed by atoms with Crippen molar-refractivity contribution in [3.05, 3.63) is 70.7 Å². The first-order chi connectivity index (χ1) is 14.0. The van der Waals surface area contributed by atoms with E-state index in [0.29, 0.717) is 33.4 Å². The van der Waals surface area contributed by atoms with E-state index in [1.807, 2.05) is 18.2 Å². The standard InChI is InChI=1S/C21H17N3O4S/c1-14(25)24(18-5-3-4-6-19(18)27-2)21-23-17(13-29-21)12-28-20(26)16-9-7-15(11-22)8-10-16/h3-10,13H,12H2,1-2H3. The summed E-state index contributed by atoms with van der Waals surface area (Å²) in [7, 11) is 1.53. The lowest BCUT2D eigenvalue weighted by atomic mass is 10.1. The normalized spacial score (nSPS) is 10.1. The number of thiazole rings is 1. The van der Waals surface area contributed by atoms with Gasteiger partial charge in [0, 0.05) is 12.3 Å². The molecule has 0 fully saturated rings. The van der Waals surface area contributed by atoms with Crippen molar-refractivity contribution in [1.82, 2.24) is 4.98 Å². The molecule has 7 nitrogen and oxygen atoms in total. The second-order valence-corrected chi connectivity index (χ2v) is 6.75. The molecule has 3 aromatic rings. The van der Waals surface area contributed by atoms with Crippen molar-refractivity contribution in [3.63, 3.8) is 0 Å². The fraction of sp³-hybridized carbons (Fsp3) is 0.143. The Hall–Kier alpha value is -3.70. The van der Waals surface area contributed by atoms with Gasteiger partial charge in [0.1, 0.15) is 12.4 Å². The molecule has 0 spiro atoms. The molecule has 0 bridgehead atoms. The molecule has 3 rings (SSSR count). The lowest BCUT2D eigenvalue weighted by molar-refractivity contribution is -0.115. The molecule has 0 aliphatic rings. The number of anilines is 2. The summed E-state index contributed by atoms with van der Waals surface area (Å²) in [5.41, 5.74) is 1.91. The molecule has 0 unspecified atom stereocenters. The first-order valence-corrected chi connectivity index (χ1v) is 9.47. The van der Waals surface area contributed by atoms with Crippen LogP contribution in [-0.4, -0.2) is 24.0 Å². The number of rotatable bonds is 6. The number of nitriles is 1. The summed E-state index contributed by atoms with van der Waals surface area (Å²) in [6, 6.07) is 15.3. The Balaban J connectivity index is 1.74. The van der Waals surface area contributed by atoms with Crippen molar-refractivity contribution in [2.75, 3.05) is 12.0 Å². The number of esters is 1. The number of para-hydroxylation sites is 2. The topological polar surface area (TPSA) is 92.5 Å². The molecule has 0 radical (unpaired) electrons. The van der Waals surface area contributed by atoms with Gasteiger partial charge >= 0.3 is 5.97 Å². The van der Waals surface area contributed by atoms with Gasteiger partial charge in [0.25, 0.3) is 0 Å². The molecule has 1 aromatic heterocycles. The van der Waals surface area contributed by atoms with E-state index in [2.05, 4.69) is 4.98 Å². The SMILES string of the molecule is COc1ccccc1N(C(C)=O)c1nc(COC(=O)c2ccc(C#N)cc2)cs1. The lowest BCUT2D eigenvalue weighted by Gasteiger charge is -2.20. The van der Waals surface area contributed by atoms with Crippen molar-refractivity contribution >= 4 is 34.0 Å². The van der Waals surface area contributed by atoms with Gasteiger partial charge in [-0.3, -0.25) is 9.69 Å². The van der Waals surface area contributed by atoms with Crippen LogP contribution in [0.2, 0.25) is 0 Å². The molecule has 2 aromatic carbocycles. The highest BCUT2D eigenvalue weighted by molar-refractivity contribution is 7.14. The number of hydrogen-bond acceptors (Lipinski definition) is 7. The molecule has 0 aliphatic carbocycles. The lowest BCUT2D eigenvalue weighted by Crippen LogP contribution is -2.23. The first kappa shape index (κ1) is 20.0. The van der Waals surface area contributed by atoms with Gasteiger partial charge in [-0.25, -0.2) is 9.78 Å². The van der Waals surface area contributed by atoms with Gasteiger partial charge in [0.15, 0.2) is 5.13 Å². The molecule has 1 amide bonds. The molecule has 0 saturated heterocycles. The minimum Gasteiger partial charge on any atom is -0.495 e. The average Bonchev–Trinajstić information content (AvgIpc) is 3.20. The maximum atomic E-state index is 12.3. The van der Waals surface area contributed by atoms with E-state index in [4.69, 9.17) is 14.7 Å². The molecule has 0 aliphatic heterocycles. The van der Waals surface area contributed by atoms with Crippen LogP contribution in [0.15, 0.2) is 53.9 Å². The summed E-state index contributed by atoms with van der Waals surface area (Å²) in [6.45, 7) is 1.41. The van der Waals surface area contributed by atoms with Gasteiger partial charge in [0.05, 0.1) is 35.7 Å². The summed E-state index contributed by atoms with van der Waals surface area (Å²) < 4.78 is 10.6. The zero-order valence-electron chi connectivity index (χ0n) is 15.8. The van der Waals surface area contributed by atoms with Crippen LogP contribution >= 0.6 is 11.3 Å². The number of hydrogen-bond donors (Lipinski definition) is 0. The van der Waals surface area contributed by atoms with Crippen LogP contribution in [0, 0.1) is 11.3 Å². The monoisotopic (exact) mass is 407 g/mol. The molecule has 8 heteroatoms. The van der Waals surface area contributed by atoms with E-state index in [1.165, 1.54) is 42.4 Å². The number of aromatic nitrogens is 1. The Morgan fingerprint density at radius 2 is 1.90 bits per heavy atom. The quantitative estimate of drug-likeness (QED) is 0.572. The van der Waals surface area contributed by atoms with Crippen molar-refractivity contribution in [1.29, 1.82) is 5.26 Å². The van der Waals surface area contributed by atoms with Gasteiger partial charge in [0.2, 0.25) is 5.91 Å². The third-order valence-electron chi connectivity index (χ3n) is 3.97. The zero-order valence-corrected chi connectivity index (χ0v) is 16.6. The predicted octanol–water partition coefficient (Wildman–Crippen LogP) is 4.06. The largest absolute Gasteiger partial charge is 0.495 e. The number of ether oxygens (including phenoxy) is 2. The molecule has 29 heavy (non-hydrogen) atoms. The summed E-state index contributed by atoms with van der Waals surface area (Å²) in [6.07, 6.45) is 0. The van der Waals surface area contributed by atoms with E-state index in [0.717, 1.165) is 0 Å². The number of benzene rings is 2. The predicted molar refractivity (Wildman–Crippen MR) is 108 cm³/mol. The van der Waals surface area contributed by atoms with Crippen molar-refractivity contribution in [2.24, 2.45) is 0 Å². The van der Waals surface area contributed by atoms with Gasteiger partial charge in [-0.15, -0.1) is 11.3 Å². The summed E-state index contributed by atoms with van der Waals surface area (Å²) in [5.74, 6) is -0.186. The minimum absolute atomic E-state index is 0.0347. The first-order valence-electron chi connectivity index (χ1n) is 8.59. The zero-order chi connectivity index (χ0) is 20.8. The van der Waals surface area contributed by atoms with E-state index in [9.17, 15) is 9.59 Å². The van der Waals surface area contributed by atoms with Crippen LogP contribution in [0.5, 0.6) is 5.75 Å². The molecule has 146 valence electrons. The Morgan fingerprint density at radius 1 is 1.17 bits per heavy atom. The summed E-state index contributed by atoms with van der Waals surface area (Å²) >= 11 is 1.26. The van der Waals surface area contributed by atoms with Gasteiger partial charge in [-0.05, 0) is 36.4 Å². The van der Waals surface area contributed by atoms with Crippen LogP contribution in [0.25, 0.3) is 0 Å². The Labute approximate surface area is 171 Å². The second-order valence-electron chi connectivity index (χ2n) is 5.91. The Kier molecular flexibility index (Phi) is 6.22. The highest BCUT2D eigenvalue weighted by Gasteiger charge is 2.21. The Bertz CT molecular complexity index is 1070. The maximum Gasteiger partial charge on any atom is 0.338 e. The van der Waals surface area contributed by atoms with Crippen LogP contribution in [0.4, 0.5) is 10.8 Å². The van der Waals surface area contributed by atoms with E-state index in [-0.39, 0.29) is 12.5 Å². The van der Waals surface area contributed by atoms with Crippen LogP contribution in [0.3, 0.4) is 0 Å². The molecule has 1 heterocycles. The maximum absolute atomic E-state index is 12.3. The van der Waals surface area contributed by atoms with Crippen molar-refractivity contribution in [3.8, 4) is 11.8 Å². The fourth-order valence-electron chi connectivity index (χ4n) is 2.59. The van der Waals surface area contributed by atoms with Gasteiger partial charge in [-0.1, -0.05) is 12.1 Å². The molecular weight excluding hydrogens is 390 g/mol. The number of carbonyl (C=O) groups is 2. The van der Waals surface area contributed by atoms with E-state index < -0.39 is 5.97 Å². The third-order valence-corrected chi connectivity index (χ3v) is 4.85. The number of methoxy groups -OCH3 is 1. The summed E-state index contributed by atoms with van der Waals surface area (Å²) in [5, 5.41) is 11.0. The number of nitrogens with zero attached hydrogens (tertiary/aromatic N) is 3. The smallest absolute Gasteiger partial charge is 0.338 e. The van der Waals surface area contributed by atoms with E-state index in [1.54, 1.807) is 29.6 Å². The molecule has 0 atom stereocenters. The average molecular weight is 407 g/mol. The minimum atomic E-state index is -0.516. The molecular formula is C21H17N3O4S. The number of amides is 1. The third kappa shape index (κ3) is 4.59. The Morgan fingerprint density at radius 3 is 2.55 bits per heavy atom. The van der Waals surface area contributed by atoms with Gasteiger partial charge < -0.3 is 9.47 Å². The van der Waals surface area contributed by atoms with Crippen LogP contribution < -0.4 is 9.64 Å². The fourth-order valence-corrected chi connectivity index (χ4v) is 3.46. The van der Waals surface area contributed by atoms with Crippen molar-refractivity contribution in [2.45, 2.75) is 13.5 Å². The second kappa shape index (κ2) is 8.99. The van der Waals surface area contributed by atoms with Crippen LogP contribution in [-0.2, 0) is 16.1 Å². The number of carbonyl (C=O) groups excluding carboxylic acids is 2. The highest BCUT2D eigenvalue weighted by atomic mass is 32.1. The van der Waals surface area contributed by atoms with E-state index >= 15 is 0 Å². The van der Waals surface area contributed by atoms with Crippen LogP contribution in [0.1, 0.15) is 28.5 Å². The van der Waals surface area contributed by atoms with Crippen molar-refractivity contribution < 1.29 is 19.1 Å². The molecule has 0 saturated carbocycles. The van der Waals surface area contributed by atoms with Gasteiger partial charge in [-0.2, -0.15) is 5.26 Å². The molecule has 0 N–H and O–H groups in total. The highest BCUT2D eigenvalue weighted by Crippen LogP contribution is 2.35. The summed E-state index contributed by atoms with van der Waals surface area (Å²) in [4.78, 5) is 30.3.